The van der Waals surface area contributed by atoms with E-state index in [1.54, 1.807) is 42.5 Å². The van der Waals surface area contributed by atoms with E-state index >= 15 is 0 Å². The summed E-state index contributed by atoms with van der Waals surface area (Å²) in [5.41, 5.74) is 1.55. The van der Waals surface area contributed by atoms with Crippen molar-refractivity contribution in [1.29, 1.82) is 0 Å². The summed E-state index contributed by atoms with van der Waals surface area (Å²) in [5, 5.41) is 27.4. The molecule has 0 aliphatic carbocycles. The zero-order chi connectivity index (χ0) is 26.5. The SMILES string of the molecule is COc1cc(/C=C/C(=O)CC(=O)/C=C/c2ccc(O)c(OC)c2)ccc1O.O=C(O)c1cccnc1. The number of ketones is 2. The lowest BCUT2D eigenvalue weighted by Crippen LogP contribution is -2.01. The maximum absolute atomic E-state index is 11.9. The average Bonchev–Trinajstić information content (AvgIpc) is 2.88. The minimum absolute atomic E-state index is 0.00662. The van der Waals surface area contributed by atoms with Crippen LogP contribution in [0.3, 0.4) is 0 Å². The molecular formula is C27H25NO8. The highest BCUT2D eigenvalue weighted by Crippen LogP contribution is 2.27. The van der Waals surface area contributed by atoms with Gasteiger partial charge in [-0.1, -0.05) is 24.3 Å². The van der Waals surface area contributed by atoms with Crippen molar-refractivity contribution in [2.45, 2.75) is 6.42 Å². The van der Waals surface area contributed by atoms with Crippen LogP contribution in [0.2, 0.25) is 0 Å². The summed E-state index contributed by atoms with van der Waals surface area (Å²) in [6, 6.07) is 12.4. The van der Waals surface area contributed by atoms with Gasteiger partial charge < -0.3 is 24.8 Å². The number of benzene rings is 2. The average molecular weight is 491 g/mol. The van der Waals surface area contributed by atoms with Crippen LogP contribution in [0.25, 0.3) is 12.2 Å². The molecule has 3 N–H and O–H groups in total. The second-order valence-corrected chi connectivity index (χ2v) is 7.19. The van der Waals surface area contributed by atoms with Gasteiger partial charge in [0, 0.05) is 12.4 Å². The number of allylic oxidation sites excluding steroid dienone is 2. The normalized spacial score (nSPS) is 10.5. The molecule has 0 radical (unpaired) electrons. The fourth-order valence-electron chi connectivity index (χ4n) is 2.75. The Labute approximate surface area is 207 Å². The van der Waals surface area contributed by atoms with Crippen molar-refractivity contribution in [2.75, 3.05) is 14.2 Å². The number of pyridine rings is 1. The van der Waals surface area contributed by atoms with Gasteiger partial charge in [-0.3, -0.25) is 14.6 Å². The van der Waals surface area contributed by atoms with E-state index in [1.807, 2.05) is 0 Å². The van der Waals surface area contributed by atoms with Gasteiger partial charge >= 0.3 is 5.97 Å². The number of carbonyl (C=O) groups is 3. The second kappa shape index (κ2) is 13.7. The number of carboxylic acids is 1. The molecule has 1 aromatic heterocycles. The van der Waals surface area contributed by atoms with E-state index in [0.717, 1.165) is 0 Å². The number of methoxy groups -OCH3 is 2. The Bertz CT molecular complexity index is 1190. The summed E-state index contributed by atoms with van der Waals surface area (Å²) in [5.74, 6) is -1.02. The second-order valence-electron chi connectivity index (χ2n) is 7.19. The molecule has 0 saturated carbocycles. The number of hydrogen-bond acceptors (Lipinski definition) is 8. The summed E-state index contributed by atoms with van der Waals surface area (Å²) in [6.45, 7) is 0. The molecule has 0 aliphatic heterocycles. The number of nitrogens with zero attached hydrogens (tertiary/aromatic N) is 1. The van der Waals surface area contributed by atoms with E-state index in [1.165, 1.54) is 57.0 Å². The summed E-state index contributed by atoms with van der Waals surface area (Å²) in [7, 11) is 2.87. The molecule has 0 spiro atoms. The van der Waals surface area contributed by atoms with Crippen LogP contribution in [0.15, 0.2) is 73.1 Å². The van der Waals surface area contributed by atoms with Crippen molar-refractivity contribution >= 4 is 29.7 Å². The monoisotopic (exact) mass is 491 g/mol. The summed E-state index contributed by atoms with van der Waals surface area (Å²) in [6.07, 6.45) is 8.28. The van der Waals surface area contributed by atoms with Crippen LogP contribution in [-0.2, 0) is 9.59 Å². The smallest absolute Gasteiger partial charge is 0.337 e. The molecule has 0 saturated heterocycles. The molecule has 3 aromatic rings. The van der Waals surface area contributed by atoms with Gasteiger partial charge in [-0.05, 0) is 59.7 Å². The highest BCUT2D eigenvalue weighted by atomic mass is 16.5. The third-order valence-electron chi connectivity index (χ3n) is 4.59. The van der Waals surface area contributed by atoms with Crippen molar-refractivity contribution in [3.8, 4) is 23.0 Å². The fraction of sp³-hybridized carbons (Fsp3) is 0.111. The summed E-state index contributed by atoms with van der Waals surface area (Å²) < 4.78 is 10.00. The fourth-order valence-corrected chi connectivity index (χ4v) is 2.75. The van der Waals surface area contributed by atoms with E-state index in [-0.39, 0.29) is 35.0 Å². The maximum Gasteiger partial charge on any atom is 0.337 e. The number of phenols is 2. The van der Waals surface area contributed by atoms with Gasteiger partial charge in [-0.25, -0.2) is 4.79 Å². The van der Waals surface area contributed by atoms with Gasteiger partial charge in [0.1, 0.15) is 0 Å². The molecule has 9 heteroatoms. The molecule has 186 valence electrons. The Kier molecular flexibility index (Phi) is 10.4. The standard InChI is InChI=1S/C21H20O6.C6H5NO2/c1-26-20-11-14(5-9-18(20)24)3-7-16(22)13-17(23)8-4-15-6-10-19(25)21(12-15)27-2;8-6(9)5-2-1-3-7-4-5/h3-12,24-25H,13H2,1-2H3;1-4H,(H,8,9)/b7-3+,8-4+;. The predicted molar refractivity (Wildman–Crippen MR) is 133 cm³/mol. The molecule has 3 rings (SSSR count). The van der Waals surface area contributed by atoms with Gasteiger partial charge in [-0.15, -0.1) is 0 Å². The molecule has 1 heterocycles. The van der Waals surface area contributed by atoms with E-state index in [2.05, 4.69) is 4.98 Å². The predicted octanol–water partition coefficient (Wildman–Crippen LogP) is 4.15. The molecule has 2 aromatic carbocycles. The van der Waals surface area contributed by atoms with E-state index in [9.17, 15) is 24.6 Å². The largest absolute Gasteiger partial charge is 0.504 e. The number of aromatic hydroxyl groups is 2. The molecule has 0 unspecified atom stereocenters. The number of phenolic OH excluding ortho intramolecular Hbond substituents is 2. The van der Waals surface area contributed by atoms with Crippen LogP contribution < -0.4 is 9.47 Å². The molecular weight excluding hydrogens is 466 g/mol. The summed E-state index contributed by atoms with van der Waals surface area (Å²) in [4.78, 5) is 37.6. The molecule has 9 nitrogen and oxygen atoms in total. The van der Waals surface area contributed by atoms with Crippen molar-refractivity contribution in [1.82, 2.24) is 4.98 Å². The van der Waals surface area contributed by atoms with Gasteiger partial charge in [0.25, 0.3) is 0 Å². The molecule has 0 amide bonds. The Balaban J connectivity index is 0.000000425. The lowest BCUT2D eigenvalue weighted by Gasteiger charge is -2.03. The number of hydrogen-bond donors (Lipinski definition) is 3. The molecule has 0 atom stereocenters. The number of aromatic nitrogens is 1. The number of rotatable bonds is 9. The number of carbonyl (C=O) groups excluding carboxylic acids is 2. The first kappa shape index (κ1) is 27.3. The number of carboxylic acid groups (broad SMARTS) is 1. The molecule has 0 aliphatic rings. The Morgan fingerprint density at radius 3 is 1.69 bits per heavy atom. The first-order valence-corrected chi connectivity index (χ1v) is 10.5. The van der Waals surface area contributed by atoms with Crippen LogP contribution in [0.5, 0.6) is 23.0 Å². The van der Waals surface area contributed by atoms with Crippen LogP contribution in [-0.4, -0.2) is 52.1 Å². The van der Waals surface area contributed by atoms with Gasteiger partial charge in [0.15, 0.2) is 34.6 Å². The Morgan fingerprint density at radius 2 is 1.33 bits per heavy atom. The van der Waals surface area contributed by atoms with Crippen molar-refractivity contribution in [2.24, 2.45) is 0 Å². The molecule has 0 bridgehead atoms. The first-order chi connectivity index (χ1) is 17.2. The van der Waals surface area contributed by atoms with E-state index < -0.39 is 5.97 Å². The third kappa shape index (κ3) is 8.79. The topological polar surface area (TPSA) is 143 Å². The first-order valence-electron chi connectivity index (χ1n) is 10.5. The zero-order valence-corrected chi connectivity index (χ0v) is 19.6. The Hall–Kier alpha value is -4.92. The van der Waals surface area contributed by atoms with E-state index in [4.69, 9.17) is 14.6 Å². The molecule has 36 heavy (non-hydrogen) atoms. The van der Waals surface area contributed by atoms with Crippen molar-refractivity contribution in [3.63, 3.8) is 0 Å². The van der Waals surface area contributed by atoms with Crippen LogP contribution in [0, 0.1) is 0 Å². The van der Waals surface area contributed by atoms with Crippen molar-refractivity contribution in [3.05, 3.63) is 89.8 Å². The van der Waals surface area contributed by atoms with Crippen LogP contribution in [0.1, 0.15) is 27.9 Å². The highest BCUT2D eigenvalue weighted by molar-refractivity contribution is 6.10. The molecule has 0 fully saturated rings. The lowest BCUT2D eigenvalue weighted by molar-refractivity contribution is -0.121. The highest BCUT2D eigenvalue weighted by Gasteiger charge is 2.06. The number of aromatic carboxylic acids is 1. The van der Waals surface area contributed by atoms with Crippen LogP contribution >= 0.6 is 0 Å². The minimum atomic E-state index is -0.942. The minimum Gasteiger partial charge on any atom is -0.504 e. The van der Waals surface area contributed by atoms with Crippen LogP contribution in [0.4, 0.5) is 0 Å². The van der Waals surface area contributed by atoms with Gasteiger partial charge in [0.05, 0.1) is 26.2 Å². The van der Waals surface area contributed by atoms with Gasteiger partial charge in [0.2, 0.25) is 0 Å². The van der Waals surface area contributed by atoms with E-state index in [0.29, 0.717) is 22.6 Å². The third-order valence-corrected chi connectivity index (χ3v) is 4.59. The number of ether oxygens (including phenoxy) is 2. The zero-order valence-electron chi connectivity index (χ0n) is 19.6. The summed E-state index contributed by atoms with van der Waals surface area (Å²) >= 11 is 0. The quantitative estimate of drug-likeness (QED) is 0.297. The lowest BCUT2D eigenvalue weighted by atomic mass is 10.1. The maximum atomic E-state index is 11.9. The Morgan fingerprint density at radius 1 is 0.833 bits per heavy atom. The van der Waals surface area contributed by atoms with Crippen molar-refractivity contribution < 1.29 is 39.2 Å². The van der Waals surface area contributed by atoms with Gasteiger partial charge in [-0.2, -0.15) is 0 Å².